The van der Waals surface area contributed by atoms with Gasteiger partial charge in [0.25, 0.3) is 5.91 Å². The highest BCUT2D eigenvalue weighted by Crippen LogP contribution is 2.26. The van der Waals surface area contributed by atoms with Crippen LogP contribution >= 0.6 is 0 Å². The number of aliphatic hydroxyl groups excluding tert-OH is 1. The van der Waals surface area contributed by atoms with E-state index < -0.39 is 42.7 Å². The van der Waals surface area contributed by atoms with Crippen molar-refractivity contribution in [2.75, 3.05) is 18.5 Å². The van der Waals surface area contributed by atoms with Crippen LogP contribution in [0, 0.1) is 0 Å². The molecule has 3 rings (SSSR count). The topological polar surface area (TPSA) is 210 Å². The molecule has 14 heteroatoms. The quantitative estimate of drug-likeness (QED) is 0.193. The Morgan fingerprint density at radius 3 is 2.59 bits per heavy atom. The summed E-state index contributed by atoms with van der Waals surface area (Å²) in [5.41, 5.74) is 6.63. The number of guanidine groups is 1. The summed E-state index contributed by atoms with van der Waals surface area (Å²) in [6.45, 7) is 0.285. The zero-order valence-corrected chi connectivity index (χ0v) is 18.1. The molecule has 2 heterocycles. The average molecular weight is 475 g/mol. The number of amides is 2. The lowest BCUT2D eigenvalue weighted by Crippen LogP contribution is -2.60. The molecule has 2 aliphatic heterocycles. The Balaban J connectivity index is 1.72. The van der Waals surface area contributed by atoms with Crippen LogP contribution in [0.1, 0.15) is 23.2 Å². The van der Waals surface area contributed by atoms with Crippen molar-refractivity contribution in [1.29, 1.82) is 0 Å². The highest BCUT2D eigenvalue weighted by atomic mass is 16.4. The van der Waals surface area contributed by atoms with Crippen LogP contribution in [0.15, 0.2) is 40.8 Å². The molecule has 0 bridgehead atoms. The molecule has 2 amide bonds. The van der Waals surface area contributed by atoms with Crippen molar-refractivity contribution in [2.45, 2.75) is 31.3 Å². The second-order valence-electron chi connectivity index (χ2n) is 7.60. The third-order valence-corrected chi connectivity index (χ3v) is 5.42. The Kier molecular flexibility index (Phi) is 7.21. The van der Waals surface area contributed by atoms with Gasteiger partial charge in [-0.2, -0.15) is 0 Å². The second kappa shape index (κ2) is 10.1. The lowest BCUT2D eigenvalue weighted by molar-refractivity contribution is -0.140. The minimum absolute atomic E-state index is 0.0124. The van der Waals surface area contributed by atoms with Crippen LogP contribution in [0.4, 0.5) is 5.69 Å². The van der Waals surface area contributed by atoms with Gasteiger partial charge in [0.15, 0.2) is 12.2 Å². The number of aliphatic imine (C=N–C) groups is 1. The second-order valence-corrected chi connectivity index (χ2v) is 7.60. The summed E-state index contributed by atoms with van der Waals surface area (Å²) in [6.07, 6.45) is -1.95. The van der Waals surface area contributed by atoms with E-state index in [0.29, 0.717) is 17.9 Å². The first-order valence-electron chi connectivity index (χ1n) is 10.2. The monoisotopic (exact) mass is 475 g/mol. The van der Waals surface area contributed by atoms with Crippen LogP contribution in [-0.2, 0) is 14.4 Å². The normalized spacial score (nSPS) is 20.2. The third kappa shape index (κ3) is 5.17. The number of likely N-dealkylation sites (N-methyl/N-ethyl adjacent to an activating group) is 1. The van der Waals surface area contributed by atoms with Gasteiger partial charge in [0.05, 0.1) is 6.54 Å². The maximum atomic E-state index is 12.4. The summed E-state index contributed by atoms with van der Waals surface area (Å²) in [5.74, 6) is -2.77. The Bertz CT molecular complexity index is 1040. The Morgan fingerprint density at radius 1 is 1.32 bits per heavy atom. The van der Waals surface area contributed by atoms with Crippen LogP contribution in [0.5, 0.6) is 0 Å². The molecular weight excluding hydrogens is 450 g/mol. The number of anilines is 1. The van der Waals surface area contributed by atoms with E-state index in [9.17, 15) is 29.4 Å². The van der Waals surface area contributed by atoms with Gasteiger partial charge >= 0.3 is 11.9 Å². The minimum Gasteiger partial charge on any atom is -0.481 e. The smallest absolute Gasteiger partial charge is 0.326 e. The van der Waals surface area contributed by atoms with E-state index in [1.807, 2.05) is 0 Å². The molecular formula is C20H25N7O7. The summed E-state index contributed by atoms with van der Waals surface area (Å²) in [7, 11) is 1.72. The maximum absolute atomic E-state index is 12.4. The van der Waals surface area contributed by atoms with Crippen molar-refractivity contribution in [3.05, 3.63) is 41.3 Å². The molecule has 14 nitrogen and oxygen atoms in total. The first-order chi connectivity index (χ1) is 16.1. The van der Waals surface area contributed by atoms with Crippen LogP contribution in [0.25, 0.3) is 0 Å². The van der Waals surface area contributed by atoms with Gasteiger partial charge < -0.3 is 41.9 Å². The largest absolute Gasteiger partial charge is 0.481 e. The fraction of sp³-hybridized carbons (Fsp3) is 0.350. The number of benzene rings is 1. The summed E-state index contributed by atoms with van der Waals surface area (Å²) >= 11 is 0. The first kappa shape index (κ1) is 24.3. The molecule has 1 aromatic rings. The van der Waals surface area contributed by atoms with E-state index >= 15 is 0 Å². The standard InChI is InChI=1S/C20H25N7O7/c1-26(13-8-22-16-15(27(13)9-28)18(32)25-20(21)24-16)11-4-2-10(3-5-11)17(31)23-12(19(33)34)6-7-14(29)30/h2-5,9,12-13,18,22,32H,6-8H2,1H3,(H,23,31)(H,29,30)(H,33,34)(H3,21,24,25)/t12-,13?,18?/m0/s1. The molecule has 0 saturated carbocycles. The fourth-order valence-corrected chi connectivity index (χ4v) is 3.63. The molecule has 3 atom stereocenters. The molecule has 0 aromatic heterocycles. The number of carbonyl (C=O) groups excluding carboxylic acids is 2. The Morgan fingerprint density at radius 2 is 2.00 bits per heavy atom. The first-order valence-corrected chi connectivity index (χ1v) is 10.2. The van der Waals surface area contributed by atoms with Gasteiger partial charge in [-0.3, -0.25) is 19.3 Å². The van der Waals surface area contributed by atoms with E-state index in [1.165, 1.54) is 17.0 Å². The third-order valence-electron chi connectivity index (χ3n) is 5.42. The van der Waals surface area contributed by atoms with Crippen molar-refractivity contribution < 1.29 is 34.5 Å². The molecule has 182 valence electrons. The molecule has 2 unspecified atom stereocenters. The lowest BCUT2D eigenvalue weighted by Gasteiger charge is -2.44. The number of nitrogens with zero attached hydrogens (tertiary/aromatic N) is 3. The molecule has 0 aliphatic carbocycles. The van der Waals surface area contributed by atoms with Crippen molar-refractivity contribution in [1.82, 2.24) is 20.9 Å². The zero-order chi connectivity index (χ0) is 25.0. The van der Waals surface area contributed by atoms with E-state index in [0.717, 1.165) is 0 Å². The van der Waals surface area contributed by atoms with E-state index in [4.69, 9.17) is 10.8 Å². The molecule has 2 aliphatic rings. The molecule has 0 radical (unpaired) electrons. The number of carboxylic acid groups (broad SMARTS) is 2. The fourth-order valence-electron chi connectivity index (χ4n) is 3.63. The van der Waals surface area contributed by atoms with Crippen molar-refractivity contribution >= 4 is 35.9 Å². The SMILES string of the molecule is CN(c1ccc(C(=O)N[C@@H](CCC(=O)O)C(=O)O)cc1)C1CNC2=C(C(O)N=C(N)N2)N1C=O. The zero-order valence-electron chi connectivity index (χ0n) is 18.1. The predicted octanol–water partition coefficient (Wildman–Crippen LogP) is -2.04. The number of nitrogens with two attached hydrogens (primary N) is 1. The van der Waals surface area contributed by atoms with Crippen molar-refractivity contribution in [2.24, 2.45) is 10.7 Å². The summed E-state index contributed by atoms with van der Waals surface area (Å²) in [6, 6.07) is 4.84. The summed E-state index contributed by atoms with van der Waals surface area (Å²) < 4.78 is 0. The van der Waals surface area contributed by atoms with E-state index in [1.54, 1.807) is 24.1 Å². The average Bonchev–Trinajstić information content (AvgIpc) is 2.79. The van der Waals surface area contributed by atoms with Crippen LogP contribution < -0.4 is 26.6 Å². The number of hydrogen-bond donors (Lipinski definition) is 7. The summed E-state index contributed by atoms with van der Waals surface area (Å²) in [5, 5.41) is 36.4. The number of rotatable bonds is 9. The van der Waals surface area contributed by atoms with Gasteiger partial charge in [0.1, 0.15) is 23.7 Å². The molecule has 0 spiro atoms. The Hall–Kier alpha value is -4.33. The van der Waals surface area contributed by atoms with Gasteiger partial charge in [-0.25, -0.2) is 9.79 Å². The summed E-state index contributed by atoms with van der Waals surface area (Å²) in [4.78, 5) is 53.2. The van der Waals surface area contributed by atoms with Gasteiger partial charge in [-0.15, -0.1) is 0 Å². The molecule has 0 saturated heterocycles. The van der Waals surface area contributed by atoms with Crippen molar-refractivity contribution in [3.63, 3.8) is 0 Å². The molecule has 8 N–H and O–H groups in total. The molecule has 0 fully saturated rings. The molecule has 34 heavy (non-hydrogen) atoms. The highest BCUT2D eigenvalue weighted by molar-refractivity contribution is 5.97. The number of aliphatic carboxylic acids is 2. The predicted molar refractivity (Wildman–Crippen MR) is 118 cm³/mol. The number of carbonyl (C=O) groups is 4. The minimum atomic E-state index is -1.34. The number of carboxylic acids is 2. The lowest BCUT2D eigenvalue weighted by atomic mass is 10.1. The van der Waals surface area contributed by atoms with Crippen LogP contribution in [0.3, 0.4) is 0 Å². The maximum Gasteiger partial charge on any atom is 0.326 e. The van der Waals surface area contributed by atoms with Crippen molar-refractivity contribution in [3.8, 4) is 0 Å². The number of hydrogen-bond acceptors (Lipinski definition) is 10. The van der Waals surface area contributed by atoms with Gasteiger partial charge in [0, 0.05) is 24.7 Å². The number of nitrogens with one attached hydrogen (secondary N) is 3. The van der Waals surface area contributed by atoms with Gasteiger partial charge in [-0.1, -0.05) is 0 Å². The van der Waals surface area contributed by atoms with Crippen LogP contribution in [0.2, 0.25) is 0 Å². The van der Waals surface area contributed by atoms with E-state index in [2.05, 4.69) is 20.9 Å². The van der Waals surface area contributed by atoms with Crippen LogP contribution in [-0.4, -0.2) is 82.5 Å². The van der Waals surface area contributed by atoms with E-state index in [-0.39, 0.29) is 30.2 Å². The molecule has 1 aromatic carbocycles. The highest BCUT2D eigenvalue weighted by Gasteiger charge is 2.37. The number of aliphatic hydroxyl groups is 1. The van der Waals surface area contributed by atoms with Gasteiger partial charge in [0.2, 0.25) is 6.41 Å². The Labute approximate surface area is 193 Å². The van der Waals surface area contributed by atoms with Gasteiger partial charge in [-0.05, 0) is 30.7 Å².